The summed E-state index contributed by atoms with van der Waals surface area (Å²) in [5.74, 6) is 0. The van der Waals surface area contributed by atoms with E-state index >= 15 is 0 Å². The SMILES string of the molecule is CN1C=CC(CNCCO)O1. The number of hydroxylamine groups is 2. The molecule has 4 heteroatoms. The topological polar surface area (TPSA) is 44.7 Å². The van der Waals surface area contributed by atoms with Gasteiger partial charge in [0.2, 0.25) is 0 Å². The predicted molar refractivity (Wildman–Crippen MR) is 41.7 cm³/mol. The number of aliphatic hydroxyl groups excluding tert-OH is 1. The third-order valence-electron chi connectivity index (χ3n) is 1.45. The Morgan fingerprint density at radius 3 is 3.09 bits per heavy atom. The van der Waals surface area contributed by atoms with E-state index in [-0.39, 0.29) is 12.7 Å². The first-order chi connectivity index (χ1) is 5.33. The predicted octanol–water partition coefficient (Wildman–Crippen LogP) is -0.672. The molecule has 4 nitrogen and oxygen atoms in total. The van der Waals surface area contributed by atoms with Gasteiger partial charge in [-0.05, 0) is 6.08 Å². The molecule has 64 valence electrons. The maximum absolute atomic E-state index is 8.46. The number of nitrogens with one attached hydrogen (secondary N) is 1. The van der Waals surface area contributed by atoms with Gasteiger partial charge in [-0.3, -0.25) is 9.90 Å². The Bertz CT molecular complexity index is 138. The Labute approximate surface area is 66.4 Å². The van der Waals surface area contributed by atoms with Crippen LogP contribution in [0.2, 0.25) is 0 Å². The van der Waals surface area contributed by atoms with Crippen molar-refractivity contribution in [1.82, 2.24) is 10.4 Å². The fraction of sp³-hybridized carbons (Fsp3) is 0.714. The average molecular weight is 158 g/mol. The highest BCUT2D eigenvalue weighted by atomic mass is 16.7. The minimum absolute atomic E-state index is 0.117. The van der Waals surface area contributed by atoms with Crippen LogP contribution in [0.3, 0.4) is 0 Å². The van der Waals surface area contributed by atoms with Crippen molar-refractivity contribution >= 4 is 0 Å². The highest BCUT2D eigenvalue weighted by Crippen LogP contribution is 2.05. The molecule has 1 aliphatic rings. The highest BCUT2D eigenvalue weighted by molar-refractivity contribution is 4.92. The van der Waals surface area contributed by atoms with E-state index < -0.39 is 0 Å². The summed E-state index contributed by atoms with van der Waals surface area (Å²) in [6, 6.07) is 0. The number of nitrogens with zero attached hydrogens (tertiary/aromatic N) is 1. The molecule has 1 aliphatic heterocycles. The van der Waals surface area contributed by atoms with Crippen LogP contribution in [-0.4, -0.2) is 43.0 Å². The maximum atomic E-state index is 8.46. The summed E-state index contributed by atoms with van der Waals surface area (Å²) in [6.07, 6.45) is 3.97. The average Bonchev–Trinajstić information content (AvgIpc) is 2.37. The zero-order chi connectivity index (χ0) is 8.10. The Hall–Kier alpha value is -0.580. The molecule has 1 heterocycles. The van der Waals surface area contributed by atoms with Crippen molar-refractivity contribution in [3.05, 3.63) is 12.3 Å². The van der Waals surface area contributed by atoms with Crippen LogP contribution < -0.4 is 5.32 Å². The second-order valence-corrected chi connectivity index (χ2v) is 2.46. The van der Waals surface area contributed by atoms with Crippen molar-refractivity contribution in [3.8, 4) is 0 Å². The van der Waals surface area contributed by atoms with Crippen molar-refractivity contribution in [2.75, 3.05) is 26.7 Å². The van der Waals surface area contributed by atoms with E-state index in [1.54, 1.807) is 5.06 Å². The third kappa shape index (κ3) is 2.88. The van der Waals surface area contributed by atoms with E-state index in [0.29, 0.717) is 6.54 Å². The van der Waals surface area contributed by atoms with E-state index in [9.17, 15) is 0 Å². The summed E-state index contributed by atoms with van der Waals surface area (Å²) in [7, 11) is 1.85. The van der Waals surface area contributed by atoms with Gasteiger partial charge in [0, 0.05) is 26.3 Å². The molecule has 0 aliphatic carbocycles. The molecule has 0 aromatic carbocycles. The van der Waals surface area contributed by atoms with Crippen LogP contribution in [0.15, 0.2) is 12.3 Å². The molecule has 11 heavy (non-hydrogen) atoms. The van der Waals surface area contributed by atoms with E-state index in [1.165, 1.54) is 0 Å². The molecule has 2 N–H and O–H groups in total. The van der Waals surface area contributed by atoms with E-state index in [4.69, 9.17) is 9.94 Å². The van der Waals surface area contributed by atoms with Crippen molar-refractivity contribution in [2.45, 2.75) is 6.10 Å². The molecular formula is C7H14N2O2. The second kappa shape index (κ2) is 4.33. The Morgan fingerprint density at radius 2 is 2.55 bits per heavy atom. The molecule has 1 atom stereocenters. The summed E-state index contributed by atoms with van der Waals surface area (Å²) in [5, 5.41) is 13.2. The van der Waals surface area contributed by atoms with E-state index in [1.807, 2.05) is 19.3 Å². The van der Waals surface area contributed by atoms with Crippen LogP contribution >= 0.6 is 0 Å². The Morgan fingerprint density at radius 1 is 1.73 bits per heavy atom. The van der Waals surface area contributed by atoms with Crippen molar-refractivity contribution < 1.29 is 9.94 Å². The first-order valence-electron chi connectivity index (χ1n) is 3.72. The zero-order valence-electron chi connectivity index (χ0n) is 6.66. The van der Waals surface area contributed by atoms with Gasteiger partial charge in [0.05, 0.1) is 6.61 Å². The lowest BCUT2D eigenvalue weighted by atomic mass is 10.3. The molecule has 0 amide bonds. The molecule has 1 rings (SSSR count). The molecule has 0 fully saturated rings. The van der Waals surface area contributed by atoms with Crippen LogP contribution in [0.25, 0.3) is 0 Å². The van der Waals surface area contributed by atoms with Gasteiger partial charge in [-0.15, -0.1) is 0 Å². The van der Waals surface area contributed by atoms with Gasteiger partial charge in [-0.2, -0.15) is 0 Å². The van der Waals surface area contributed by atoms with Gasteiger partial charge in [-0.1, -0.05) is 0 Å². The summed E-state index contributed by atoms with van der Waals surface area (Å²) in [4.78, 5) is 5.29. The summed E-state index contributed by atoms with van der Waals surface area (Å²) >= 11 is 0. The minimum atomic E-state index is 0.117. The van der Waals surface area contributed by atoms with Gasteiger partial charge in [0.25, 0.3) is 0 Å². The molecule has 0 aromatic rings. The first kappa shape index (κ1) is 8.52. The number of hydrogen-bond acceptors (Lipinski definition) is 4. The lowest BCUT2D eigenvalue weighted by molar-refractivity contribution is -0.109. The van der Waals surface area contributed by atoms with E-state index in [2.05, 4.69) is 5.32 Å². The fourth-order valence-electron chi connectivity index (χ4n) is 0.930. The standard InChI is InChI=1S/C7H14N2O2/c1-9-4-2-7(11-9)6-8-3-5-10/h2,4,7-8,10H,3,5-6H2,1H3. The number of rotatable bonds is 4. The number of hydrogen-bond donors (Lipinski definition) is 2. The van der Waals surface area contributed by atoms with Crippen molar-refractivity contribution in [2.24, 2.45) is 0 Å². The molecule has 0 radical (unpaired) electrons. The number of aliphatic hydroxyl groups is 1. The van der Waals surface area contributed by atoms with Crippen LogP contribution in [0, 0.1) is 0 Å². The Kier molecular flexibility index (Phi) is 3.35. The molecule has 0 saturated carbocycles. The van der Waals surface area contributed by atoms with Crippen LogP contribution in [0.4, 0.5) is 0 Å². The normalized spacial score (nSPS) is 23.1. The van der Waals surface area contributed by atoms with Crippen molar-refractivity contribution in [3.63, 3.8) is 0 Å². The lowest BCUT2D eigenvalue weighted by Crippen LogP contribution is -2.29. The summed E-state index contributed by atoms with van der Waals surface area (Å²) < 4.78 is 0. The molecule has 0 saturated heterocycles. The zero-order valence-corrected chi connectivity index (χ0v) is 6.66. The molecule has 0 spiro atoms. The second-order valence-electron chi connectivity index (χ2n) is 2.46. The summed E-state index contributed by atoms with van der Waals surface area (Å²) in [5.41, 5.74) is 0. The smallest absolute Gasteiger partial charge is 0.118 e. The summed E-state index contributed by atoms with van der Waals surface area (Å²) in [6.45, 7) is 1.55. The fourth-order valence-corrected chi connectivity index (χ4v) is 0.930. The van der Waals surface area contributed by atoms with Crippen LogP contribution in [0.5, 0.6) is 0 Å². The highest BCUT2D eigenvalue weighted by Gasteiger charge is 2.12. The molecular weight excluding hydrogens is 144 g/mol. The largest absolute Gasteiger partial charge is 0.395 e. The monoisotopic (exact) mass is 158 g/mol. The molecule has 0 bridgehead atoms. The first-order valence-corrected chi connectivity index (χ1v) is 3.72. The van der Waals surface area contributed by atoms with Gasteiger partial charge in [-0.25, -0.2) is 0 Å². The quantitative estimate of drug-likeness (QED) is 0.532. The van der Waals surface area contributed by atoms with Gasteiger partial charge in [0.15, 0.2) is 0 Å². The van der Waals surface area contributed by atoms with Crippen LogP contribution in [-0.2, 0) is 4.84 Å². The van der Waals surface area contributed by atoms with Gasteiger partial charge < -0.3 is 10.4 Å². The maximum Gasteiger partial charge on any atom is 0.118 e. The molecule has 1 unspecified atom stereocenters. The van der Waals surface area contributed by atoms with E-state index in [0.717, 1.165) is 6.54 Å². The van der Waals surface area contributed by atoms with Gasteiger partial charge in [0.1, 0.15) is 6.10 Å². The Balaban J connectivity index is 2.05. The molecule has 0 aromatic heterocycles. The van der Waals surface area contributed by atoms with Gasteiger partial charge >= 0.3 is 0 Å². The third-order valence-corrected chi connectivity index (χ3v) is 1.45. The minimum Gasteiger partial charge on any atom is -0.395 e. The lowest BCUT2D eigenvalue weighted by Gasteiger charge is -2.12. The van der Waals surface area contributed by atoms with Crippen LogP contribution in [0.1, 0.15) is 0 Å². The van der Waals surface area contributed by atoms with Crippen molar-refractivity contribution in [1.29, 1.82) is 0 Å².